The van der Waals surface area contributed by atoms with E-state index in [1.807, 2.05) is 19.9 Å². The van der Waals surface area contributed by atoms with Crippen molar-refractivity contribution in [3.8, 4) is 0 Å². The van der Waals surface area contributed by atoms with Crippen LogP contribution in [-0.2, 0) is 9.47 Å². The van der Waals surface area contributed by atoms with E-state index in [2.05, 4.69) is 6.58 Å². The van der Waals surface area contributed by atoms with Gasteiger partial charge in [-0.05, 0) is 20.3 Å². The maximum atomic E-state index is 5.32. The van der Waals surface area contributed by atoms with Crippen molar-refractivity contribution in [2.24, 2.45) is 5.92 Å². The van der Waals surface area contributed by atoms with Crippen molar-refractivity contribution in [1.82, 2.24) is 0 Å². The van der Waals surface area contributed by atoms with E-state index in [9.17, 15) is 0 Å². The zero-order valence-electron chi connectivity index (χ0n) is 8.21. The van der Waals surface area contributed by atoms with Crippen molar-refractivity contribution in [3.05, 3.63) is 12.7 Å². The average Bonchev–Trinajstić information content (AvgIpc) is 2.10. The minimum Gasteiger partial charge on any atom is -0.381 e. The molecule has 0 aromatic heterocycles. The lowest BCUT2D eigenvalue weighted by Crippen LogP contribution is -2.15. The van der Waals surface area contributed by atoms with Crippen LogP contribution < -0.4 is 0 Å². The van der Waals surface area contributed by atoms with E-state index >= 15 is 0 Å². The Kier molecular flexibility index (Phi) is 8.51. The van der Waals surface area contributed by atoms with Crippen LogP contribution in [-0.4, -0.2) is 26.4 Å². The number of ether oxygens (including phenoxy) is 2. The standard InChI is InChI=1S/C10H20O2/c1-4-7-10(8-11-5-2)9-12-6-3/h4,10H,1,5-9H2,2-3H3. The minimum atomic E-state index is 0.474. The molecule has 0 saturated heterocycles. The second-order valence-electron chi connectivity index (χ2n) is 2.71. The molecule has 0 N–H and O–H groups in total. The highest BCUT2D eigenvalue weighted by atomic mass is 16.5. The number of rotatable bonds is 8. The van der Waals surface area contributed by atoms with Gasteiger partial charge in [0, 0.05) is 19.1 Å². The Hall–Kier alpha value is -0.340. The number of hydrogen-bond donors (Lipinski definition) is 0. The topological polar surface area (TPSA) is 18.5 Å². The molecule has 0 aliphatic carbocycles. The smallest absolute Gasteiger partial charge is 0.0519 e. The molecule has 2 nitrogen and oxygen atoms in total. The first-order valence-electron chi connectivity index (χ1n) is 4.61. The summed E-state index contributed by atoms with van der Waals surface area (Å²) < 4.78 is 10.6. The Bertz CT molecular complexity index is 94.0. The van der Waals surface area contributed by atoms with E-state index < -0.39 is 0 Å². The maximum Gasteiger partial charge on any atom is 0.0519 e. The number of hydrogen-bond acceptors (Lipinski definition) is 2. The third kappa shape index (κ3) is 6.38. The molecule has 0 unspecified atom stereocenters. The second-order valence-corrected chi connectivity index (χ2v) is 2.71. The fraction of sp³-hybridized carbons (Fsp3) is 0.800. The van der Waals surface area contributed by atoms with Crippen molar-refractivity contribution in [3.63, 3.8) is 0 Å². The van der Waals surface area contributed by atoms with Crippen molar-refractivity contribution < 1.29 is 9.47 Å². The Morgan fingerprint density at radius 3 is 2.00 bits per heavy atom. The van der Waals surface area contributed by atoms with Crippen LogP contribution in [0.4, 0.5) is 0 Å². The molecule has 0 heterocycles. The zero-order valence-corrected chi connectivity index (χ0v) is 8.21. The van der Waals surface area contributed by atoms with Gasteiger partial charge in [-0.15, -0.1) is 6.58 Å². The molecule has 0 bridgehead atoms. The van der Waals surface area contributed by atoms with E-state index in [1.165, 1.54) is 0 Å². The summed E-state index contributed by atoms with van der Waals surface area (Å²) in [5.74, 6) is 0.474. The third-order valence-corrected chi connectivity index (χ3v) is 1.62. The van der Waals surface area contributed by atoms with Gasteiger partial charge in [0.1, 0.15) is 0 Å². The second kappa shape index (κ2) is 8.75. The minimum absolute atomic E-state index is 0.474. The lowest BCUT2D eigenvalue weighted by Gasteiger charge is -2.14. The zero-order chi connectivity index (χ0) is 9.23. The van der Waals surface area contributed by atoms with E-state index in [4.69, 9.17) is 9.47 Å². The molecule has 0 rings (SSSR count). The molecule has 0 aliphatic heterocycles. The summed E-state index contributed by atoms with van der Waals surface area (Å²) in [4.78, 5) is 0. The Morgan fingerprint density at radius 1 is 1.17 bits per heavy atom. The van der Waals surface area contributed by atoms with Gasteiger partial charge in [0.15, 0.2) is 0 Å². The van der Waals surface area contributed by atoms with E-state index in [-0.39, 0.29) is 0 Å². The summed E-state index contributed by atoms with van der Waals surface area (Å²) in [5, 5.41) is 0. The highest BCUT2D eigenvalue weighted by molar-refractivity contribution is 4.72. The van der Waals surface area contributed by atoms with Gasteiger partial charge in [-0.25, -0.2) is 0 Å². The Labute approximate surface area is 75.6 Å². The summed E-state index contributed by atoms with van der Waals surface area (Å²) in [6.45, 7) is 10.8. The highest BCUT2D eigenvalue weighted by Gasteiger charge is 2.05. The van der Waals surface area contributed by atoms with Gasteiger partial charge >= 0.3 is 0 Å². The molecule has 72 valence electrons. The molecule has 0 fully saturated rings. The first kappa shape index (κ1) is 11.7. The van der Waals surface area contributed by atoms with Crippen LogP contribution in [0.15, 0.2) is 12.7 Å². The summed E-state index contributed by atoms with van der Waals surface area (Å²) in [7, 11) is 0. The average molecular weight is 172 g/mol. The monoisotopic (exact) mass is 172 g/mol. The Morgan fingerprint density at radius 2 is 1.67 bits per heavy atom. The van der Waals surface area contributed by atoms with E-state index in [0.717, 1.165) is 32.8 Å². The SMILES string of the molecule is C=CCC(COCC)COCC. The van der Waals surface area contributed by atoms with E-state index in [0.29, 0.717) is 5.92 Å². The van der Waals surface area contributed by atoms with Gasteiger partial charge in [-0.3, -0.25) is 0 Å². The van der Waals surface area contributed by atoms with Crippen LogP contribution in [0, 0.1) is 5.92 Å². The first-order chi connectivity index (χ1) is 5.85. The van der Waals surface area contributed by atoms with Gasteiger partial charge < -0.3 is 9.47 Å². The van der Waals surface area contributed by atoms with E-state index in [1.54, 1.807) is 0 Å². The van der Waals surface area contributed by atoms with Crippen LogP contribution in [0.3, 0.4) is 0 Å². The third-order valence-electron chi connectivity index (χ3n) is 1.62. The molecule has 2 heteroatoms. The normalized spacial score (nSPS) is 10.6. The quantitative estimate of drug-likeness (QED) is 0.523. The maximum absolute atomic E-state index is 5.32. The molecule has 0 saturated carbocycles. The van der Waals surface area contributed by atoms with Crippen molar-refractivity contribution >= 4 is 0 Å². The summed E-state index contributed by atoms with van der Waals surface area (Å²) in [6, 6.07) is 0. The summed E-state index contributed by atoms with van der Waals surface area (Å²) >= 11 is 0. The van der Waals surface area contributed by atoms with Gasteiger partial charge in [-0.2, -0.15) is 0 Å². The van der Waals surface area contributed by atoms with Crippen LogP contribution in [0.1, 0.15) is 20.3 Å². The van der Waals surface area contributed by atoms with Gasteiger partial charge in [0.2, 0.25) is 0 Å². The Balaban J connectivity index is 3.46. The van der Waals surface area contributed by atoms with Crippen molar-refractivity contribution in [1.29, 1.82) is 0 Å². The largest absolute Gasteiger partial charge is 0.381 e. The molecule has 0 aromatic rings. The molecule has 0 aliphatic rings. The van der Waals surface area contributed by atoms with Gasteiger partial charge in [-0.1, -0.05) is 6.08 Å². The fourth-order valence-electron chi connectivity index (χ4n) is 0.989. The van der Waals surface area contributed by atoms with Crippen LogP contribution in [0.5, 0.6) is 0 Å². The first-order valence-corrected chi connectivity index (χ1v) is 4.61. The lowest BCUT2D eigenvalue weighted by atomic mass is 10.1. The van der Waals surface area contributed by atoms with Crippen LogP contribution in [0.2, 0.25) is 0 Å². The van der Waals surface area contributed by atoms with Gasteiger partial charge in [0.25, 0.3) is 0 Å². The van der Waals surface area contributed by atoms with Gasteiger partial charge in [0.05, 0.1) is 13.2 Å². The summed E-state index contributed by atoms with van der Waals surface area (Å²) in [5.41, 5.74) is 0. The highest BCUT2D eigenvalue weighted by Crippen LogP contribution is 2.05. The molecule has 0 amide bonds. The number of allylic oxidation sites excluding steroid dienone is 1. The molecule has 0 spiro atoms. The predicted octanol–water partition coefficient (Wildman–Crippen LogP) is 2.25. The molecule has 12 heavy (non-hydrogen) atoms. The molecule has 0 aromatic carbocycles. The lowest BCUT2D eigenvalue weighted by molar-refractivity contribution is 0.0493. The molecular weight excluding hydrogens is 152 g/mol. The van der Waals surface area contributed by atoms with Crippen molar-refractivity contribution in [2.45, 2.75) is 20.3 Å². The molecular formula is C10H20O2. The summed E-state index contributed by atoms with van der Waals surface area (Å²) in [6.07, 6.45) is 2.89. The van der Waals surface area contributed by atoms with Crippen LogP contribution in [0.25, 0.3) is 0 Å². The molecule has 0 atom stereocenters. The van der Waals surface area contributed by atoms with Crippen molar-refractivity contribution in [2.75, 3.05) is 26.4 Å². The molecule has 0 radical (unpaired) electrons. The van der Waals surface area contributed by atoms with Crippen LogP contribution >= 0.6 is 0 Å². The fourth-order valence-corrected chi connectivity index (χ4v) is 0.989. The predicted molar refractivity (Wildman–Crippen MR) is 51.3 cm³/mol.